The van der Waals surface area contributed by atoms with Crippen molar-refractivity contribution in [2.24, 2.45) is 5.92 Å². The van der Waals surface area contributed by atoms with Crippen molar-refractivity contribution < 1.29 is 13.6 Å². The topological polar surface area (TPSA) is 38.1 Å². The van der Waals surface area contributed by atoms with Crippen molar-refractivity contribution in [1.82, 2.24) is 14.5 Å². The van der Waals surface area contributed by atoms with Crippen molar-refractivity contribution in [3.8, 4) is 0 Å². The molecule has 1 aliphatic heterocycles. The van der Waals surface area contributed by atoms with Crippen LogP contribution in [0.1, 0.15) is 43.0 Å². The molecule has 1 amide bonds. The summed E-state index contributed by atoms with van der Waals surface area (Å²) in [5, 5.41) is 0. The van der Waals surface area contributed by atoms with E-state index in [1.165, 1.54) is 25.0 Å². The van der Waals surface area contributed by atoms with E-state index in [2.05, 4.69) is 9.55 Å². The number of halogens is 2. The van der Waals surface area contributed by atoms with Gasteiger partial charge in [0.2, 0.25) is 5.91 Å². The van der Waals surface area contributed by atoms with Gasteiger partial charge in [-0.1, -0.05) is 6.07 Å². The lowest BCUT2D eigenvalue weighted by molar-refractivity contribution is -0.131. The number of likely N-dealkylation sites (tertiary alicyclic amines) is 1. The lowest BCUT2D eigenvalue weighted by atomic mass is 9.96. The van der Waals surface area contributed by atoms with Crippen molar-refractivity contribution in [3.05, 3.63) is 53.6 Å². The third-order valence-electron chi connectivity index (χ3n) is 5.40. The molecule has 4 nitrogen and oxygen atoms in total. The first-order chi connectivity index (χ1) is 12.6. The zero-order chi connectivity index (χ0) is 18.1. The molecule has 138 valence electrons. The molecule has 0 N–H and O–H groups in total. The number of aromatic nitrogens is 2. The summed E-state index contributed by atoms with van der Waals surface area (Å²) in [5.41, 5.74) is 0.244. The molecule has 1 aromatic heterocycles. The van der Waals surface area contributed by atoms with E-state index in [-0.39, 0.29) is 23.8 Å². The summed E-state index contributed by atoms with van der Waals surface area (Å²) in [5.74, 6) is 0.652. The highest BCUT2D eigenvalue weighted by atomic mass is 19.1. The number of piperidine rings is 1. The second-order valence-electron chi connectivity index (χ2n) is 7.47. The van der Waals surface area contributed by atoms with E-state index in [1.807, 2.05) is 12.4 Å². The number of hydrogen-bond donors (Lipinski definition) is 0. The van der Waals surface area contributed by atoms with Crippen molar-refractivity contribution in [3.63, 3.8) is 0 Å². The summed E-state index contributed by atoms with van der Waals surface area (Å²) in [4.78, 5) is 19.0. The average Bonchev–Trinajstić information content (AvgIpc) is 3.32. The second kappa shape index (κ2) is 7.17. The quantitative estimate of drug-likeness (QED) is 0.819. The number of nitrogens with zero attached hydrogens (tertiary/aromatic N) is 3. The van der Waals surface area contributed by atoms with E-state index in [9.17, 15) is 13.6 Å². The minimum Gasteiger partial charge on any atom is -0.342 e. The Balaban J connectivity index is 1.43. The van der Waals surface area contributed by atoms with Gasteiger partial charge in [-0.2, -0.15) is 0 Å². The molecule has 0 spiro atoms. The predicted molar refractivity (Wildman–Crippen MR) is 93.6 cm³/mol. The number of hydrogen-bond acceptors (Lipinski definition) is 2. The fourth-order valence-corrected chi connectivity index (χ4v) is 3.77. The van der Waals surface area contributed by atoms with Crippen LogP contribution >= 0.6 is 0 Å². The summed E-state index contributed by atoms with van der Waals surface area (Å²) in [6, 6.07) is 3.38. The SMILES string of the molecule is O=C(Cc1ccc(F)cc1F)N1CCC[C@H](c2nccn2CC2CC2)C1. The molecule has 2 heterocycles. The summed E-state index contributed by atoms with van der Waals surface area (Å²) in [6.07, 6.45) is 8.34. The maximum absolute atomic E-state index is 13.8. The third kappa shape index (κ3) is 3.79. The molecule has 2 aliphatic rings. The third-order valence-corrected chi connectivity index (χ3v) is 5.40. The van der Waals surface area contributed by atoms with E-state index in [1.54, 1.807) is 4.90 Å². The van der Waals surface area contributed by atoms with Crippen LogP contribution < -0.4 is 0 Å². The Labute approximate surface area is 151 Å². The highest BCUT2D eigenvalue weighted by Gasteiger charge is 2.29. The highest BCUT2D eigenvalue weighted by molar-refractivity contribution is 5.79. The molecular formula is C20H23F2N3O. The molecule has 6 heteroatoms. The van der Waals surface area contributed by atoms with Gasteiger partial charge in [0.05, 0.1) is 6.42 Å². The van der Waals surface area contributed by atoms with E-state index >= 15 is 0 Å². The maximum atomic E-state index is 13.8. The van der Waals surface area contributed by atoms with Gasteiger partial charge in [-0.25, -0.2) is 13.8 Å². The van der Waals surface area contributed by atoms with Gasteiger partial charge >= 0.3 is 0 Å². The minimum absolute atomic E-state index is 0.0324. The van der Waals surface area contributed by atoms with Crippen molar-refractivity contribution in [2.45, 2.75) is 44.6 Å². The Kier molecular flexibility index (Phi) is 4.74. The summed E-state index contributed by atoms with van der Waals surface area (Å²) in [6.45, 7) is 2.31. The molecule has 1 saturated carbocycles. The molecule has 1 saturated heterocycles. The minimum atomic E-state index is -0.660. The Morgan fingerprint density at radius 2 is 2.08 bits per heavy atom. The molecular weight excluding hydrogens is 336 g/mol. The first kappa shape index (κ1) is 17.2. The number of carbonyl (C=O) groups is 1. The monoisotopic (exact) mass is 359 g/mol. The molecule has 26 heavy (non-hydrogen) atoms. The predicted octanol–water partition coefficient (Wildman–Crippen LogP) is 3.52. The summed E-state index contributed by atoms with van der Waals surface area (Å²) >= 11 is 0. The molecule has 2 aromatic rings. The van der Waals surface area contributed by atoms with Crippen molar-refractivity contribution in [1.29, 1.82) is 0 Å². The van der Waals surface area contributed by atoms with Crippen LogP contribution in [0.2, 0.25) is 0 Å². The van der Waals surface area contributed by atoms with E-state index < -0.39 is 11.6 Å². The number of imidazole rings is 1. The van der Waals surface area contributed by atoms with E-state index in [4.69, 9.17) is 0 Å². The molecule has 1 aromatic carbocycles. The van der Waals surface area contributed by atoms with Crippen LogP contribution in [-0.4, -0.2) is 33.4 Å². The highest BCUT2D eigenvalue weighted by Crippen LogP contribution is 2.33. The van der Waals surface area contributed by atoms with E-state index in [0.29, 0.717) is 13.1 Å². The molecule has 2 fully saturated rings. The van der Waals surface area contributed by atoms with Gasteiger partial charge in [-0.05, 0) is 43.2 Å². The van der Waals surface area contributed by atoms with Gasteiger partial charge < -0.3 is 9.47 Å². The van der Waals surface area contributed by atoms with Crippen LogP contribution in [0.15, 0.2) is 30.6 Å². The Morgan fingerprint density at radius 1 is 1.23 bits per heavy atom. The van der Waals surface area contributed by atoms with Crippen molar-refractivity contribution >= 4 is 5.91 Å². The normalized spacial score (nSPS) is 20.4. The number of amides is 1. The summed E-state index contributed by atoms with van der Waals surface area (Å²) in [7, 11) is 0. The van der Waals surface area contributed by atoms with E-state index in [0.717, 1.165) is 37.2 Å². The van der Waals surface area contributed by atoms with Gasteiger partial charge in [0.25, 0.3) is 0 Å². The van der Waals surface area contributed by atoms with Gasteiger partial charge in [-0.3, -0.25) is 4.79 Å². The Hall–Kier alpha value is -2.24. The van der Waals surface area contributed by atoms with Gasteiger partial charge in [-0.15, -0.1) is 0 Å². The Morgan fingerprint density at radius 3 is 2.85 bits per heavy atom. The van der Waals surface area contributed by atoms with Gasteiger partial charge in [0.15, 0.2) is 0 Å². The first-order valence-electron chi connectivity index (χ1n) is 9.33. The fourth-order valence-electron chi connectivity index (χ4n) is 3.77. The molecule has 0 unspecified atom stereocenters. The zero-order valence-electron chi connectivity index (χ0n) is 14.7. The van der Waals surface area contributed by atoms with Crippen LogP contribution in [0.4, 0.5) is 8.78 Å². The number of carbonyl (C=O) groups excluding carboxylic acids is 1. The van der Waals surface area contributed by atoms with Crippen LogP contribution in [0, 0.1) is 17.6 Å². The maximum Gasteiger partial charge on any atom is 0.227 e. The zero-order valence-corrected chi connectivity index (χ0v) is 14.7. The first-order valence-corrected chi connectivity index (χ1v) is 9.33. The molecule has 1 aliphatic carbocycles. The molecule has 0 bridgehead atoms. The van der Waals surface area contributed by atoms with Crippen molar-refractivity contribution in [2.75, 3.05) is 13.1 Å². The molecule has 4 rings (SSSR count). The van der Waals surface area contributed by atoms with Crippen LogP contribution in [0.5, 0.6) is 0 Å². The van der Waals surface area contributed by atoms with Gasteiger partial charge in [0, 0.05) is 44.0 Å². The smallest absolute Gasteiger partial charge is 0.227 e. The molecule has 1 atom stereocenters. The Bertz CT molecular complexity index is 800. The molecule has 0 radical (unpaired) electrons. The number of benzene rings is 1. The van der Waals surface area contributed by atoms with Gasteiger partial charge in [0.1, 0.15) is 17.5 Å². The van der Waals surface area contributed by atoms with Crippen LogP contribution in [-0.2, 0) is 17.8 Å². The summed E-state index contributed by atoms with van der Waals surface area (Å²) < 4.78 is 29.1. The standard InChI is InChI=1S/C20H23F2N3O/c21-17-6-5-15(18(22)11-17)10-19(26)24-8-1-2-16(13-24)20-23-7-9-25(20)12-14-3-4-14/h5-7,9,11,14,16H,1-4,8,10,12-13H2/t16-/m0/s1. The lowest BCUT2D eigenvalue weighted by Gasteiger charge is -2.33. The largest absolute Gasteiger partial charge is 0.342 e. The average molecular weight is 359 g/mol. The van der Waals surface area contributed by atoms with Crippen LogP contribution in [0.25, 0.3) is 0 Å². The lowest BCUT2D eigenvalue weighted by Crippen LogP contribution is -2.40. The number of rotatable bonds is 5. The van der Waals surface area contributed by atoms with Crippen LogP contribution in [0.3, 0.4) is 0 Å². The second-order valence-corrected chi connectivity index (χ2v) is 7.47. The fraction of sp³-hybridized carbons (Fsp3) is 0.500.